The third-order valence-corrected chi connectivity index (χ3v) is 4.60. The van der Waals surface area contributed by atoms with Crippen LogP contribution in [0, 0.1) is 17.0 Å². The Kier molecular flexibility index (Phi) is 4.53. The van der Waals surface area contributed by atoms with Gasteiger partial charge < -0.3 is 9.94 Å². The molecule has 0 aliphatic heterocycles. The minimum Gasteiger partial charge on any atom is -0.805 e. The van der Waals surface area contributed by atoms with Gasteiger partial charge in [-0.2, -0.15) is 0 Å². The van der Waals surface area contributed by atoms with Crippen LogP contribution in [0.25, 0.3) is 22.5 Å². The molecule has 4 nitrogen and oxygen atoms in total. The van der Waals surface area contributed by atoms with Crippen molar-refractivity contribution >= 4 is 15.9 Å². The summed E-state index contributed by atoms with van der Waals surface area (Å²) in [5.41, 5.74) is 3.14. The average Bonchev–Trinajstić information content (AvgIpc) is 2.60. The second-order valence-electron chi connectivity index (χ2n) is 5.54. The first kappa shape index (κ1) is 16.5. The predicted molar refractivity (Wildman–Crippen MR) is 99.3 cm³/mol. The molecule has 5 heteroatoms. The van der Waals surface area contributed by atoms with Crippen molar-refractivity contribution in [2.45, 2.75) is 20.3 Å². The van der Waals surface area contributed by atoms with Crippen molar-refractivity contribution < 1.29 is 4.43 Å². The molecule has 3 aromatic rings. The van der Waals surface area contributed by atoms with E-state index < -0.39 is 0 Å². The lowest BCUT2D eigenvalue weighted by Crippen LogP contribution is -2.28. The van der Waals surface area contributed by atoms with Crippen LogP contribution in [0.15, 0.2) is 59.1 Å². The maximum atomic E-state index is 13.2. The fourth-order valence-electron chi connectivity index (χ4n) is 2.90. The second kappa shape index (κ2) is 6.61. The highest BCUT2D eigenvalue weighted by Gasteiger charge is 2.27. The Labute approximate surface area is 148 Å². The van der Waals surface area contributed by atoms with Crippen molar-refractivity contribution in [3.63, 3.8) is 0 Å². The Morgan fingerprint density at radius 3 is 2.17 bits per heavy atom. The van der Waals surface area contributed by atoms with Gasteiger partial charge in [-0.05, 0) is 49.7 Å². The molecule has 0 N–H and O–H groups in total. The first-order valence-electron chi connectivity index (χ1n) is 7.74. The Bertz CT molecular complexity index is 932. The predicted octanol–water partition coefficient (Wildman–Crippen LogP) is 4.72. The van der Waals surface area contributed by atoms with E-state index in [1.807, 2.05) is 61.5 Å². The molecule has 3 rings (SSSR count). The van der Waals surface area contributed by atoms with E-state index in [9.17, 15) is 10.1 Å². The SMILES string of the molecule is CCc1c(-c2ccccc2)[n+](=O)c(-c2ccc(Br)cc2)c(C)n1[O-]. The summed E-state index contributed by atoms with van der Waals surface area (Å²) in [6, 6.07) is 16.7. The molecule has 0 atom stereocenters. The van der Waals surface area contributed by atoms with E-state index in [2.05, 4.69) is 15.9 Å². The van der Waals surface area contributed by atoms with Crippen LogP contribution < -0.4 is 4.43 Å². The van der Waals surface area contributed by atoms with Gasteiger partial charge in [-0.25, -0.2) is 0 Å². The fraction of sp³-hybridized carbons (Fsp3) is 0.158. The highest BCUT2D eigenvalue weighted by Crippen LogP contribution is 2.27. The van der Waals surface area contributed by atoms with Crippen LogP contribution in [-0.2, 0) is 6.42 Å². The Morgan fingerprint density at radius 1 is 1.00 bits per heavy atom. The van der Waals surface area contributed by atoms with Gasteiger partial charge in [0.2, 0.25) is 0 Å². The maximum absolute atomic E-state index is 13.2. The van der Waals surface area contributed by atoms with E-state index in [0.29, 0.717) is 29.2 Å². The Balaban J connectivity index is 2.38. The second-order valence-corrected chi connectivity index (χ2v) is 6.46. The molecule has 0 radical (unpaired) electrons. The Hall–Kier alpha value is -2.40. The molecule has 0 aliphatic rings. The lowest BCUT2D eigenvalue weighted by atomic mass is 10.0. The highest BCUT2D eigenvalue weighted by molar-refractivity contribution is 9.10. The normalized spacial score (nSPS) is 10.8. The van der Waals surface area contributed by atoms with Crippen molar-refractivity contribution in [3.05, 3.63) is 80.6 Å². The summed E-state index contributed by atoms with van der Waals surface area (Å²) in [7, 11) is 0. The van der Waals surface area contributed by atoms with Crippen LogP contribution in [0.2, 0.25) is 0 Å². The summed E-state index contributed by atoms with van der Waals surface area (Å²) in [4.78, 5) is 13.2. The topological polar surface area (TPSA) is 51.0 Å². The smallest absolute Gasteiger partial charge is 0.289 e. The van der Waals surface area contributed by atoms with Gasteiger partial charge in [-0.3, -0.25) is 0 Å². The summed E-state index contributed by atoms with van der Waals surface area (Å²) < 4.78 is 2.69. The standard InChI is InChI=1S/C19H17BrN2O2/c1-3-17-19(14-7-5-4-6-8-14)22(24)18(13(2)21(17)23)15-9-11-16(20)12-10-15/h4-12H,3H2,1-2H3. The zero-order valence-corrected chi connectivity index (χ0v) is 15.1. The zero-order chi connectivity index (χ0) is 17.3. The van der Waals surface area contributed by atoms with E-state index in [0.717, 1.165) is 24.8 Å². The van der Waals surface area contributed by atoms with E-state index >= 15 is 0 Å². The van der Waals surface area contributed by atoms with Gasteiger partial charge in [0.1, 0.15) is 0 Å². The van der Waals surface area contributed by atoms with Crippen molar-refractivity contribution in [1.29, 1.82) is 0 Å². The van der Waals surface area contributed by atoms with E-state index in [1.165, 1.54) is 0 Å². The van der Waals surface area contributed by atoms with Crippen LogP contribution in [0.4, 0.5) is 0 Å². The van der Waals surface area contributed by atoms with Crippen LogP contribution in [0.1, 0.15) is 18.3 Å². The lowest BCUT2D eigenvalue weighted by molar-refractivity contribution is -0.471. The molecule has 0 bridgehead atoms. The quantitative estimate of drug-likeness (QED) is 0.613. The van der Waals surface area contributed by atoms with Gasteiger partial charge >= 0.3 is 0 Å². The summed E-state index contributed by atoms with van der Waals surface area (Å²) >= 11 is 3.39. The largest absolute Gasteiger partial charge is 0.805 e. The number of benzene rings is 2. The van der Waals surface area contributed by atoms with Gasteiger partial charge in [0, 0.05) is 9.38 Å². The van der Waals surface area contributed by atoms with Crippen LogP contribution in [-0.4, -0.2) is 4.73 Å². The number of hydrogen-bond acceptors (Lipinski definition) is 2. The minimum absolute atomic E-state index is 0.383. The molecule has 1 aromatic heterocycles. The van der Waals surface area contributed by atoms with Crippen molar-refractivity contribution in [3.8, 4) is 22.5 Å². The summed E-state index contributed by atoms with van der Waals surface area (Å²) in [6.45, 7) is 3.57. The third kappa shape index (κ3) is 2.76. The molecule has 0 fully saturated rings. The number of rotatable bonds is 3. The number of aromatic nitrogens is 2. The van der Waals surface area contributed by atoms with Gasteiger partial charge in [0.05, 0.1) is 26.9 Å². The van der Waals surface area contributed by atoms with E-state index in [-0.39, 0.29) is 0 Å². The van der Waals surface area contributed by atoms with Gasteiger partial charge in [0.25, 0.3) is 11.4 Å². The molecule has 0 amide bonds. The fourth-order valence-corrected chi connectivity index (χ4v) is 3.16. The summed E-state index contributed by atoms with van der Waals surface area (Å²) in [5.74, 6) is 0. The summed E-state index contributed by atoms with van der Waals surface area (Å²) in [5, 5.41) is 12.8. The first-order valence-corrected chi connectivity index (χ1v) is 8.53. The third-order valence-electron chi connectivity index (χ3n) is 4.07. The number of halogens is 1. The highest BCUT2D eigenvalue weighted by atomic mass is 79.9. The van der Waals surface area contributed by atoms with Crippen LogP contribution >= 0.6 is 15.9 Å². The molecule has 0 saturated carbocycles. The van der Waals surface area contributed by atoms with Crippen molar-refractivity contribution in [1.82, 2.24) is 4.73 Å². The Morgan fingerprint density at radius 2 is 1.58 bits per heavy atom. The molecule has 122 valence electrons. The molecule has 0 aliphatic carbocycles. The molecule has 24 heavy (non-hydrogen) atoms. The van der Waals surface area contributed by atoms with Crippen molar-refractivity contribution in [2.75, 3.05) is 0 Å². The van der Waals surface area contributed by atoms with Crippen LogP contribution in [0.3, 0.4) is 0 Å². The lowest BCUT2D eigenvalue weighted by Gasteiger charge is -2.20. The molecule has 2 aromatic carbocycles. The molecular formula is C19H17BrN2O2. The van der Waals surface area contributed by atoms with Gasteiger partial charge in [-0.15, -0.1) is 0 Å². The first-order chi connectivity index (χ1) is 11.5. The van der Waals surface area contributed by atoms with Gasteiger partial charge in [0.15, 0.2) is 0 Å². The molecule has 0 saturated heterocycles. The van der Waals surface area contributed by atoms with Gasteiger partial charge in [-0.1, -0.05) is 41.1 Å². The van der Waals surface area contributed by atoms with Crippen molar-refractivity contribution in [2.24, 2.45) is 0 Å². The van der Waals surface area contributed by atoms with E-state index in [1.54, 1.807) is 6.92 Å². The molecule has 0 unspecified atom stereocenters. The molecule has 1 heterocycles. The maximum Gasteiger partial charge on any atom is 0.289 e. The number of nitrogens with zero attached hydrogens (tertiary/aromatic N) is 2. The number of hydrogen-bond donors (Lipinski definition) is 0. The monoisotopic (exact) mass is 384 g/mol. The average molecular weight is 385 g/mol. The minimum atomic E-state index is 0.383. The van der Waals surface area contributed by atoms with E-state index in [4.69, 9.17) is 0 Å². The molecule has 0 spiro atoms. The summed E-state index contributed by atoms with van der Waals surface area (Å²) in [6.07, 6.45) is 0.484. The molecular weight excluding hydrogens is 368 g/mol. The zero-order valence-electron chi connectivity index (χ0n) is 13.5. The van der Waals surface area contributed by atoms with Crippen LogP contribution in [0.5, 0.6) is 0 Å².